The van der Waals surface area contributed by atoms with E-state index in [-0.39, 0.29) is 0 Å². The molecule has 2 heterocycles. The lowest BCUT2D eigenvalue weighted by molar-refractivity contribution is 0.468. The highest BCUT2D eigenvalue weighted by atomic mass is 32.1. The minimum Gasteiger partial charge on any atom is -0.438 e. The molecule has 96 valence electrons. The van der Waals surface area contributed by atoms with Gasteiger partial charge in [0.15, 0.2) is 0 Å². The van der Waals surface area contributed by atoms with Gasteiger partial charge in [0, 0.05) is 17.6 Å². The van der Waals surface area contributed by atoms with Crippen LogP contribution in [0.3, 0.4) is 0 Å². The third kappa shape index (κ3) is 2.37. The number of hydrogen-bond donors (Lipinski definition) is 1. The van der Waals surface area contributed by atoms with E-state index < -0.39 is 0 Å². The van der Waals surface area contributed by atoms with Crippen molar-refractivity contribution in [3.05, 3.63) is 41.5 Å². The second-order valence-corrected chi connectivity index (χ2v) is 5.37. The van der Waals surface area contributed by atoms with Gasteiger partial charge in [-0.25, -0.2) is 9.97 Å². The van der Waals surface area contributed by atoms with Gasteiger partial charge in [-0.15, -0.1) is 11.3 Å². The molecule has 0 aliphatic rings. The lowest BCUT2D eigenvalue weighted by atomic mass is 10.3. The van der Waals surface area contributed by atoms with E-state index in [1.165, 1.54) is 11.2 Å². The van der Waals surface area contributed by atoms with Crippen LogP contribution in [0.4, 0.5) is 5.69 Å². The standard InChI is InChI=1S/C14H13N3OS/c1-9-7-12-13(16-8-17-14(12)19-9)18-11-5-3-10(15-2)4-6-11/h3-8,15H,1-2H3. The van der Waals surface area contributed by atoms with Crippen molar-refractivity contribution in [1.29, 1.82) is 0 Å². The molecule has 0 bridgehead atoms. The smallest absolute Gasteiger partial charge is 0.231 e. The molecule has 0 aliphatic carbocycles. The maximum absolute atomic E-state index is 5.83. The van der Waals surface area contributed by atoms with Crippen LogP contribution in [0.1, 0.15) is 4.88 Å². The summed E-state index contributed by atoms with van der Waals surface area (Å²) >= 11 is 1.64. The van der Waals surface area contributed by atoms with E-state index in [0.29, 0.717) is 5.88 Å². The second kappa shape index (κ2) is 4.85. The van der Waals surface area contributed by atoms with Gasteiger partial charge in [0.1, 0.15) is 16.9 Å². The van der Waals surface area contributed by atoms with Gasteiger partial charge >= 0.3 is 0 Å². The number of hydrogen-bond acceptors (Lipinski definition) is 5. The van der Waals surface area contributed by atoms with Gasteiger partial charge in [0.05, 0.1) is 5.39 Å². The highest BCUT2D eigenvalue weighted by molar-refractivity contribution is 7.18. The first-order valence-electron chi connectivity index (χ1n) is 5.93. The molecule has 1 aromatic carbocycles. The molecular weight excluding hydrogens is 258 g/mol. The number of anilines is 1. The van der Waals surface area contributed by atoms with Crippen LogP contribution >= 0.6 is 11.3 Å². The van der Waals surface area contributed by atoms with E-state index >= 15 is 0 Å². The van der Waals surface area contributed by atoms with E-state index in [9.17, 15) is 0 Å². The average Bonchev–Trinajstić information content (AvgIpc) is 2.81. The summed E-state index contributed by atoms with van der Waals surface area (Å²) in [5.41, 5.74) is 1.05. The van der Waals surface area contributed by atoms with Crippen molar-refractivity contribution in [1.82, 2.24) is 9.97 Å². The molecule has 1 N–H and O–H groups in total. The number of thiophene rings is 1. The quantitative estimate of drug-likeness (QED) is 0.786. The second-order valence-electron chi connectivity index (χ2n) is 4.13. The molecule has 0 amide bonds. The molecule has 3 rings (SSSR count). The Morgan fingerprint density at radius 3 is 2.68 bits per heavy atom. The van der Waals surface area contributed by atoms with Crippen LogP contribution in [0.15, 0.2) is 36.7 Å². The zero-order valence-electron chi connectivity index (χ0n) is 10.7. The lowest BCUT2D eigenvalue weighted by Crippen LogP contribution is -1.90. The molecule has 0 atom stereocenters. The summed E-state index contributed by atoms with van der Waals surface area (Å²) in [5, 5.41) is 4.03. The van der Waals surface area contributed by atoms with Gasteiger partial charge in [-0.3, -0.25) is 0 Å². The molecule has 3 aromatic rings. The first kappa shape index (κ1) is 11.9. The first-order valence-corrected chi connectivity index (χ1v) is 6.75. The number of ether oxygens (including phenoxy) is 1. The minimum absolute atomic E-state index is 0.603. The van der Waals surface area contributed by atoms with Gasteiger partial charge in [0.25, 0.3) is 0 Å². The summed E-state index contributed by atoms with van der Waals surface area (Å²) in [7, 11) is 1.89. The Morgan fingerprint density at radius 2 is 1.95 bits per heavy atom. The molecule has 0 unspecified atom stereocenters. The molecule has 0 aliphatic heterocycles. The Balaban J connectivity index is 1.95. The van der Waals surface area contributed by atoms with Crippen molar-refractivity contribution in [3.8, 4) is 11.6 Å². The summed E-state index contributed by atoms with van der Waals surface area (Å²) < 4.78 is 5.83. The fraction of sp³-hybridized carbons (Fsp3) is 0.143. The number of benzene rings is 1. The van der Waals surface area contributed by atoms with Crippen molar-refractivity contribution in [2.45, 2.75) is 6.92 Å². The van der Waals surface area contributed by atoms with Crippen LogP contribution in [0.25, 0.3) is 10.2 Å². The predicted octanol–water partition coefficient (Wildman–Crippen LogP) is 3.83. The molecular formula is C14H13N3OS. The van der Waals surface area contributed by atoms with Crippen molar-refractivity contribution in [2.24, 2.45) is 0 Å². The molecule has 5 heteroatoms. The lowest BCUT2D eigenvalue weighted by Gasteiger charge is -2.06. The maximum Gasteiger partial charge on any atom is 0.231 e. The summed E-state index contributed by atoms with van der Waals surface area (Å²) in [6, 6.07) is 9.81. The summed E-state index contributed by atoms with van der Waals surface area (Å²) in [5.74, 6) is 1.37. The first-order chi connectivity index (χ1) is 9.26. The molecule has 2 aromatic heterocycles. The molecule has 19 heavy (non-hydrogen) atoms. The van der Waals surface area contributed by atoms with Crippen molar-refractivity contribution in [2.75, 3.05) is 12.4 Å². The highest BCUT2D eigenvalue weighted by Crippen LogP contribution is 2.31. The van der Waals surface area contributed by atoms with E-state index in [1.807, 2.05) is 31.3 Å². The monoisotopic (exact) mass is 271 g/mol. The van der Waals surface area contributed by atoms with E-state index in [4.69, 9.17) is 4.74 Å². The Morgan fingerprint density at radius 1 is 1.16 bits per heavy atom. The number of rotatable bonds is 3. The van der Waals surface area contributed by atoms with Crippen molar-refractivity contribution in [3.63, 3.8) is 0 Å². The van der Waals surface area contributed by atoms with E-state index in [1.54, 1.807) is 11.3 Å². The van der Waals surface area contributed by atoms with Crippen LogP contribution in [0, 0.1) is 6.92 Å². The fourth-order valence-electron chi connectivity index (χ4n) is 1.84. The van der Waals surface area contributed by atoms with Gasteiger partial charge in [-0.2, -0.15) is 0 Å². The van der Waals surface area contributed by atoms with E-state index in [0.717, 1.165) is 21.7 Å². The van der Waals surface area contributed by atoms with Crippen molar-refractivity contribution >= 4 is 27.2 Å². The van der Waals surface area contributed by atoms with Crippen LogP contribution in [-0.2, 0) is 0 Å². The Hall–Kier alpha value is -2.14. The zero-order valence-corrected chi connectivity index (χ0v) is 11.5. The minimum atomic E-state index is 0.603. The average molecular weight is 271 g/mol. The molecule has 0 spiro atoms. The van der Waals surface area contributed by atoms with Gasteiger partial charge < -0.3 is 10.1 Å². The Labute approximate surface area is 115 Å². The number of aromatic nitrogens is 2. The van der Waals surface area contributed by atoms with Gasteiger partial charge in [-0.05, 0) is 37.3 Å². The number of nitrogens with zero attached hydrogens (tertiary/aromatic N) is 2. The fourth-order valence-corrected chi connectivity index (χ4v) is 2.67. The zero-order chi connectivity index (χ0) is 13.2. The van der Waals surface area contributed by atoms with Gasteiger partial charge in [-0.1, -0.05) is 0 Å². The van der Waals surface area contributed by atoms with Crippen LogP contribution in [0.5, 0.6) is 11.6 Å². The maximum atomic E-state index is 5.83. The normalized spacial score (nSPS) is 10.6. The third-order valence-corrected chi connectivity index (χ3v) is 3.73. The summed E-state index contributed by atoms with van der Waals surface area (Å²) in [4.78, 5) is 10.6. The molecule has 0 fully saturated rings. The largest absolute Gasteiger partial charge is 0.438 e. The predicted molar refractivity (Wildman–Crippen MR) is 78.2 cm³/mol. The molecule has 0 saturated carbocycles. The number of fused-ring (bicyclic) bond motifs is 1. The number of aryl methyl sites for hydroxylation is 1. The van der Waals surface area contributed by atoms with Crippen LogP contribution < -0.4 is 10.1 Å². The van der Waals surface area contributed by atoms with Gasteiger partial charge in [0.2, 0.25) is 5.88 Å². The molecule has 0 radical (unpaired) electrons. The summed E-state index contributed by atoms with van der Waals surface area (Å²) in [6.07, 6.45) is 1.54. The molecule has 0 saturated heterocycles. The van der Waals surface area contributed by atoms with Crippen molar-refractivity contribution < 1.29 is 4.74 Å². The van der Waals surface area contributed by atoms with E-state index in [2.05, 4.69) is 28.3 Å². The van der Waals surface area contributed by atoms with Crippen LogP contribution in [0.2, 0.25) is 0 Å². The highest BCUT2D eigenvalue weighted by Gasteiger charge is 2.08. The molecule has 4 nitrogen and oxygen atoms in total. The third-order valence-electron chi connectivity index (χ3n) is 2.77. The van der Waals surface area contributed by atoms with Crippen LogP contribution in [-0.4, -0.2) is 17.0 Å². The number of nitrogens with one attached hydrogen (secondary N) is 1. The topological polar surface area (TPSA) is 47.0 Å². The summed E-state index contributed by atoms with van der Waals surface area (Å²) in [6.45, 7) is 2.05. The Kier molecular flexibility index (Phi) is 3.05. The Bertz CT molecular complexity index is 706. The SMILES string of the molecule is CNc1ccc(Oc2ncnc3sc(C)cc23)cc1.